The maximum atomic E-state index is 5.23. The second kappa shape index (κ2) is 12.7. The molecule has 53 heavy (non-hydrogen) atoms. The number of hydrogen-bond acceptors (Lipinski definition) is 6. The number of pyridine rings is 4. The molecule has 0 fully saturated rings. The van der Waals surface area contributed by atoms with Crippen molar-refractivity contribution < 1.29 is 0 Å². The lowest BCUT2D eigenvalue weighted by Crippen LogP contribution is -1.97. The summed E-state index contributed by atoms with van der Waals surface area (Å²) in [4.78, 5) is 21.1. The first kappa shape index (κ1) is 30.4. The summed E-state index contributed by atoms with van der Waals surface area (Å²) < 4.78 is 0. The molecule has 248 valence electrons. The van der Waals surface area contributed by atoms with E-state index in [0.29, 0.717) is 0 Å². The molecule has 5 heterocycles. The lowest BCUT2D eigenvalue weighted by atomic mass is 9.95. The number of benzene rings is 5. The van der Waals surface area contributed by atoms with Crippen LogP contribution in [0, 0.1) is 0 Å². The number of rotatable bonds is 6. The molecule has 0 aliphatic rings. The highest BCUT2D eigenvalue weighted by molar-refractivity contribution is 6.21. The normalized spacial score (nSPS) is 11.4. The third kappa shape index (κ3) is 5.57. The van der Waals surface area contributed by atoms with E-state index in [1.807, 2.05) is 78.9 Å². The summed E-state index contributed by atoms with van der Waals surface area (Å²) in [7, 11) is 0. The highest BCUT2D eigenvalue weighted by Crippen LogP contribution is 2.38. The van der Waals surface area contributed by atoms with Gasteiger partial charge < -0.3 is 0 Å². The third-order valence-electron chi connectivity index (χ3n) is 9.57. The number of nitrogens with zero attached hydrogens (tertiary/aromatic N) is 7. The molecule has 5 aromatic carbocycles. The van der Waals surface area contributed by atoms with E-state index in [0.717, 1.165) is 94.7 Å². The molecule has 0 saturated carbocycles. The number of aromatic nitrogens is 7. The van der Waals surface area contributed by atoms with Gasteiger partial charge in [-0.2, -0.15) is 4.80 Å². The van der Waals surface area contributed by atoms with Crippen LogP contribution in [0.3, 0.4) is 0 Å². The fraction of sp³-hybridized carbons (Fsp3) is 0. The predicted octanol–water partition coefficient (Wildman–Crippen LogP) is 10.6. The van der Waals surface area contributed by atoms with E-state index in [-0.39, 0.29) is 0 Å². The Morgan fingerprint density at radius 3 is 1.64 bits per heavy atom. The highest BCUT2D eigenvalue weighted by atomic mass is 15.5. The largest absolute Gasteiger partial charge is 0.255 e. The maximum absolute atomic E-state index is 5.23. The molecular formula is C46H29N7. The van der Waals surface area contributed by atoms with Crippen LogP contribution in [-0.2, 0) is 0 Å². The second-order valence-electron chi connectivity index (χ2n) is 12.9. The van der Waals surface area contributed by atoms with E-state index in [2.05, 4.69) is 94.9 Å². The van der Waals surface area contributed by atoms with Gasteiger partial charge in [-0.1, -0.05) is 91.0 Å². The fourth-order valence-electron chi connectivity index (χ4n) is 6.98. The van der Waals surface area contributed by atoms with Gasteiger partial charge in [-0.3, -0.25) is 9.97 Å². The predicted molar refractivity (Wildman–Crippen MR) is 212 cm³/mol. The van der Waals surface area contributed by atoms with Crippen molar-refractivity contribution >= 4 is 32.7 Å². The summed E-state index contributed by atoms with van der Waals surface area (Å²) in [6.07, 6.45) is 3.58. The molecule has 0 bridgehead atoms. The van der Waals surface area contributed by atoms with Crippen LogP contribution < -0.4 is 0 Å². The molecule has 0 N–H and O–H groups in total. The smallest absolute Gasteiger partial charge is 0.122 e. The number of fused-ring (bicyclic) bond motifs is 5. The summed E-state index contributed by atoms with van der Waals surface area (Å²) in [6, 6.07) is 55.7. The van der Waals surface area contributed by atoms with Crippen molar-refractivity contribution in [1.82, 2.24) is 34.9 Å². The highest BCUT2D eigenvalue weighted by Gasteiger charge is 2.18. The lowest BCUT2D eigenvalue weighted by molar-refractivity contribution is 0.766. The van der Waals surface area contributed by atoms with Gasteiger partial charge in [0.2, 0.25) is 0 Å². The van der Waals surface area contributed by atoms with E-state index in [4.69, 9.17) is 20.2 Å². The van der Waals surface area contributed by atoms with Crippen LogP contribution in [0.5, 0.6) is 0 Å². The number of hydrogen-bond donors (Lipinski definition) is 0. The molecule has 10 aromatic rings. The Balaban J connectivity index is 1.11. The zero-order valence-electron chi connectivity index (χ0n) is 28.4. The van der Waals surface area contributed by atoms with Gasteiger partial charge in [0.1, 0.15) is 11.0 Å². The minimum atomic E-state index is 0.798. The first-order valence-electron chi connectivity index (χ1n) is 17.5. The van der Waals surface area contributed by atoms with Crippen molar-refractivity contribution in [3.63, 3.8) is 0 Å². The van der Waals surface area contributed by atoms with E-state index < -0.39 is 0 Å². The summed E-state index contributed by atoms with van der Waals surface area (Å²) in [5, 5.41) is 13.1. The Bertz CT molecular complexity index is 2850. The molecule has 0 radical (unpaired) electrons. The summed E-state index contributed by atoms with van der Waals surface area (Å²) in [5.41, 5.74) is 13.0. The molecule has 0 atom stereocenters. The van der Waals surface area contributed by atoms with E-state index >= 15 is 0 Å². The van der Waals surface area contributed by atoms with Crippen molar-refractivity contribution in [2.75, 3.05) is 0 Å². The van der Waals surface area contributed by atoms with Crippen molar-refractivity contribution in [3.05, 3.63) is 176 Å². The fourth-order valence-corrected chi connectivity index (χ4v) is 6.98. The van der Waals surface area contributed by atoms with E-state index in [1.54, 1.807) is 17.2 Å². The van der Waals surface area contributed by atoms with Gasteiger partial charge in [0, 0.05) is 34.1 Å². The summed E-state index contributed by atoms with van der Waals surface area (Å²) in [5.74, 6) is 0. The minimum Gasteiger partial charge on any atom is -0.255 e. The molecule has 0 amide bonds. The monoisotopic (exact) mass is 679 g/mol. The van der Waals surface area contributed by atoms with Crippen LogP contribution in [-0.4, -0.2) is 34.9 Å². The Hall–Kier alpha value is -7.38. The lowest BCUT2D eigenvalue weighted by Gasteiger charge is -2.12. The van der Waals surface area contributed by atoms with Gasteiger partial charge >= 0.3 is 0 Å². The van der Waals surface area contributed by atoms with Crippen molar-refractivity contribution in [2.24, 2.45) is 0 Å². The minimum absolute atomic E-state index is 0.798. The summed E-state index contributed by atoms with van der Waals surface area (Å²) >= 11 is 0. The molecule has 0 unspecified atom stereocenters. The van der Waals surface area contributed by atoms with Crippen molar-refractivity contribution in [1.29, 1.82) is 0 Å². The average molecular weight is 680 g/mol. The van der Waals surface area contributed by atoms with E-state index in [9.17, 15) is 0 Å². The molecule has 0 saturated heterocycles. The molecule has 0 spiro atoms. The van der Waals surface area contributed by atoms with Crippen LogP contribution in [0.15, 0.2) is 176 Å². The van der Waals surface area contributed by atoms with Crippen LogP contribution in [0.2, 0.25) is 0 Å². The van der Waals surface area contributed by atoms with Crippen LogP contribution in [0.4, 0.5) is 0 Å². The van der Waals surface area contributed by atoms with Crippen molar-refractivity contribution in [2.45, 2.75) is 0 Å². The standard InChI is InChI=1S/C46H29N7/c1-3-11-32(12-4-1)45-36-22-24-41-46(52-53(51-41)35-13-5-2-6-14-35)44(36)37-27-33(21-23-38(37)50-45)30-17-19-31(20-18-30)34-28-42(39-15-7-9-25-47-39)49-43(29-34)40-16-8-10-26-48-40/h1-29H. The molecule has 5 aromatic heterocycles. The second-order valence-corrected chi connectivity index (χ2v) is 12.9. The Labute approximate surface area is 304 Å². The first-order chi connectivity index (χ1) is 26.2. The quantitative estimate of drug-likeness (QED) is 0.163. The first-order valence-corrected chi connectivity index (χ1v) is 17.5. The molecule has 10 rings (SSSR count). The molecular weight excluding hydrogens is 651 g/mol. The molecule has 7 heteroatoms. The van der Waals surface area contributed by atoms with Gasteiger partial charge in [0.15, 0.2) is 0 Å². The Morgan fingerprint density at radius 1 is 0.377 bits per heavy atom. The van der Waals surface area contributed by atoms with Crippen molar-refractivity contribution in [3.8, 4) is 62.0 Å². The number of para-hydroxylation sites is 1. The molecule has 7 nitrogen and oxygen atoms in total. The van der Waals surface area contributed by atoms with Gasteiger partial charge in [-0.15, -0.1) is 10.2 Å². The maximum Gasteiger partial charge on any atom is 0.122 e. The zero-order chi connectivity index (χ0) is 35.1. The summed E-state index contributed by atoms with van der Waals surface area (Å²) in [6.45, 7) is 0. The van der Waals surface area contributed by atoms with Gasteiger partial charge in [0.25, 0.3) is 0 Å². The van der Waals surface area contributed by atoms with Gasteiger partial charge in [-0.25, -0.2) is 9.97 Å². The van der Waals surface area contributed by atoms with Crippen LogP contribution >= 0.6 is 0 Å². The Kier molecular flexibility index (Phi) is 7.32. The van der Waals surface area contributed by atoms with Gasteiger partial charge in [0.05, 0.1) is 39.7 Å². The topological polar surface area (TPSA) is 82.3 Å². The van der Waals surface area contributed by atoms with Crippen LogP contribution in [0.1, 0.15) is 0 Å². The molecule has 0 aliphatic carbocycles. The molecule has 0 aliphatic heterocycles. The zero-order valence-corrected chi connectivity index (χ0v) is 28.4. The van der Waals surface area contributed by atoms with E-state index in [1.165, 1.54) is 0 Å². The third-order valence-corrected chi connectivity index (χ3v) is 9.57. The Morgan fingerprint density at radius 2 is 0.981 bits per heavy atom. The van der Waals surface area contributed by atoms with Gasteiger partial charge in [-0.05, 0) is 95.1 Å². The SMILES string of the molecule is c1ccc(-c2nc3ccc(-c4ccc(-c5cc(-c6ccccn6)nc(-c6ccccn6)c5)cc4)cc3c3c2ccc2nn(-c4ccccc4)nc23)cc1. The van der Waals surface area contributed by atoms with Crippen LogP contribution in [0.25, 0.3) is 94.7 Å². The average Bonchev–Trinajstić information content (AvgIpc) is 3.69.